The Morgan fingerprint density at radius 3 is 1.91 bits per heavy atom. The lowest BCUT2D eigenvalue weighted by atomic mass is 9.96. The lowest BCUT2D eigenvalue weighted by molar-refractivity contribution is 0.583. The van der Waals surface area contributed by atoms with Crippen molar-refractivity contribution in [2.24, 2.45) is 0 Å². The summed E-state index contributed by atoms with van der Waals surface area (Å²) in [4.78, 5) is 4.13. The average molecular weight is 704 g/mol. The van der Waals surface area contributed by atoms with E-state index in [4.69, 9.17) is 0 Å². The molecule has 0 saturated heterocycles. The molecule has 0 amide bonds. The molecule has 1 aliphatic heterocycles. The van der Waals surface area contributed by atoms with Gasteiger partial charge in [0, 0.05) is 57.4 Å². The van der Waals surface area contributed by atoms with Gasteiger partial charge in [0.15, 0.2) is 0 Å². The zero-order valence-electron chi connectivity index (χ0n) is 29.4. The van der Waals surface area contributed by atoms with Crippen LogP contribution in [0, 0.1) is 11.6 Å². The van der Waals surface area contributed by atoms with Crippen LogP contribution in [0.4, 0.5) is 37.2 Å². The second-order valence-electron chi connectivity index (χ2n) is 13.4. The summed E-state index contributed by atoms with van der Waals surface area (Å²) in [5, 5.41) is 2.30. The summed E-state index contributed by atoms with van der Waals surface area (Å²) in [6.07, 6.45) is 7.78. The van der Waals surface area contributed by atoms with Gasteiger partial charge >= 0.3 is 0 Å². The van der Waals surface area contributed by atoms with E-state index in [1.54, 1.807) is 0 Å². The molecule has 0 bridgehead atoms. The Kier molecular flexibility index (Phi) is 8.45. The summed E-state index contributed by atoms with van der Waals surface area (Å²) in [7, 11) is 0. The maximum atomic E-state index is 15.2. The fraction of sp³-hybridized carbons (Fsp3) is 0.0204. The minimum atomic E-state index is -0.613. The lowest BCUT2D eigenvalue weighted by Crippen LogP contribution is -2.19. The number of allylic oxidation sites excluding steroid dienone is 4. The zero-order valence-corrected chi connectivity index (χ0v) is 29.4. The number of rotatable bonds is 6. The highest BCUT2D eigenvalue weighted by molar-refractivity contribution is 6.10. The molecule has 8 aromatic rings. The molecule has 1 aliphatic rings. The minimum absolute atomic E-state index is 0.305. The van der Waals surface area contributed by atoms with Crippen molar-refractivity contribution in [1.82, 2.24) is 4.57 Å². The summed E-state index contributed by atoms with van der Waals surface area (Å²) in [6, 6.07) is 54.6. The third kappa shape index (κ3) is 5.96. The van der Waals surface area contributed by atoms with E-state index in [9.17, 15) is 4.39 Å². The Bertz CT molecular complexity index is 2690. The van der Waals surface area contributed by atoms with Gasteiger partial charge in [0.2, 0.25) is 0 Å². The van der Waals surface area contributed by atoms with Crippen LogP contribution in [-0.4, -0.2) is 11.1 Å². The molecule has 0 unspecified atom stereocenters. The standard InChI is InChI=1S/C49H35F2N3/c1-34-13-5-4-12-30-52(49-29-22-37(50)33-45(49)51)46-27-20-35(31-43(34)46)36-21-28-48-44(32-36)42-18-10-11-19-47(42)54(48)41-25-23-40(24-26-41)53(38-14-6-2-7-15-38)39-16-8-3-9-17-39/h2-29,31-33H,1,30H2/b12-4-,13-5-. The number of anilines is 5. The Morgan fingerprint density at radius 2 is 1.17 bits per heavy atom. The molecular weight excluding hydrogens is 669 g/mol. The molecule has 0 spiro atoms. The van der Waals surface area contributed by atoms with Crippen molar-refractivity contribution in [3.63, 3.8) is 0 Å². The summed E-state index contributed by atoms with van der Waals surface area (Å²) < 4.78 is 31.4. The number of nitrogens with zero attached hydrogens (tertiary/aromatic N) is 3. The normalized spacial score (nSPS) is 14.0. The van der Waals surface area contributed by atoms with E-state index in [2.05, 4.69) is 143 Å². The fourth-order valence-electron chi connectivity index (χ4n) is 7.52. The monoisotopic (exact) mass is 703 g/mol. The largest absolute Gasteiger partial charge is 0.335 e. The molecule has 260 valence electrons. The highest BCUT2D eigenvalue weighted by Crippen LogP contribution is 2.41. The van der Waals surface area contributed by atoms with Gasteiger partial charge in [-0.15, -0.1) is 0 Å². The second-order valence-corrected chi connectivity index (χ2v) is 13.4. The quantitative estimate of drug-likeness (QED) is 0.171. The van der Waals surface area contributed by atoms with Gasteiger partial charge in [-0.1, -0.05) is 97.6 Å². The van der Waals surface area contributed by atoms with Crippen LogP contribution < -0.4 is 9.80 Å². The van der Waals surface area contributed by atoms with Crippen LogP contribution in [0.1, 0.15) is 5.56 Å². The average Bonchev–Trinajstić information content (AvgIpc) is 3.57. The molecule has 7 aromatic carbocycles. The zero-order chi connectivity index (χ0) is 36.6. The van der Waals surface area contributed by atoms with E-state index in [1.807, 2.05) is 47.4 Å². The molecular formula is C49H35F2N3. The molecule has 0 atom stereocenters. The number of benzene rings is 7. The van der Waals surface area contributed by atoms with Crippen LogP contribution in [0.3, 0.4) is 0 Å². The van der Waals surface area contributed by atoms with Crippen molar-refractivity contribution in [1.29, 1.82) is 0 Å². The van der Waals surface area contributed by atoms with Crippen LogP contribution in [0.25, 0.3) is 44.2 Å². The molecule has 3 nitrogen and oxygen atoms in total. The number of aromatic nitrogens is 1. The van der Waals surface area contributed by atoms with Gasteiger partial charge in [0.1, 0.15) is 11.6 Å². The van der Waals surface area contributed by atoms with Gasteiger partial charge in [-0.2, -0.15) is 0 Å². The van der Waals surface area contributed by atoms with Gasteiger partial charge in [-0.05, 0) is 108 Å². The van der Waals surface area contributed by atoms with E-state index >= 15 is 4.39 Å². The minimum Gasteiger partial charge on any atom is -0.335 e. The number of para-hydroxylation sites is 3. The second kappa shape index (κ2) is 13.9. The Balaban J connectivity index is 1.13. The van der Waals surface area contributed by atoms with Crippen LogP contribution in [0.2, 0.25) is 0 Å². The molecule has 0 aliphatic carbocycles. The van der Waals surface area contributed by atoms with E-state index < -0.39 is 11.6 Å². The first kappa shape index (κ1) is 32.9. The third-order valence-electron chi connectivity index (χ3n) is 10.1. The predicted octanol–water partition coefficient (Wildman–Crippen LogP) is 13.5. The third-order valence-corrected chi connectivity index (χ3v) is 10.1. The van der Waals surface area contributed by atoms with Crippen molar-refractivity contribution >= 4 is 55.8 Å². The smallest absolute Gasteiger partial charge is 0.149 e. The van der Waals surface area contributed by atoms with Gasteiger partial charge in [-0.25, -0.2) is 8.78 Å². The van der Waals surface area contributed by atoms with Crippen molar-refractivity contribution < 1.29 is 8.78 Å². The Labute approximate surface area is 313 Å². The highest BCUT2D eigenvalue weighted by Gasteiger charge is 2.20. The van der Waals surface area contributed by atoms with E-state index in [-0.39, 0.29) is 0 Å². The topological polar surface area (TPSA) is 11.4 Å². The van der Waals surface area contributed by atoms with E-state index in [1.165, 1.54) is 12.1 Å². The number of hydrogen-bond acceptors (Lipinski definition) is 2. The van der Waals surface area contributed by atoms with Gasteiger partial charge in [-0.3, -0.25) is 0 Å². The number of fused-ring (bicyclic) bond motifs is 4. The molecule has 0 fully saturated rings. The van der Waals surface area contributed by atoms with Crippen molar-refractivity contribution in [3.05, 3.63) is 212 Å². The molecule has 0 saturated carbocycles. The molecule has 0 N–H and O–H groups in total. The maximum absolute atomic E-state index is 15.2. The molecule has 2 heterocycles. The first-order valence-electron chi connectivity index (χ1n) is 18.0. The van der Waals surface area contributed by atoms with Gasteiger partial charge in [0.05, 0.1) is 16.7 Å². The molecule has 9 rings (SSSR count). The summed E-state index contributed by atoms with van der Waals surface area (Å²) in [5.41, 5.74) is 11.4. The summed E-state index contributed by atoms with van der Waals surface area (Å²) >= 11 is 0. The van der Waals surface area contributed by atoms with E-state index in [0.29, 0.717) is 12.2 Å². The van der Waals surface area contributed by atoms with Crippen molar-refractivity contribution in [2.75, 3.05) is 16.3 Å². The maximum Gasteiger partial charge on any atom is 0.149 e. The van der Waals surface area contributed by atoms with Crippen LogP contribution in [0.5, 0.6) is 0 Å². The first-order chi connectivity index (χ1) is 26.5. The highest BCUT2D eigenvalue weighted by atomic mass is 19.1. The van der Waals surface area contributed by atoms with Gasteiger partial charge in [0.25, 0.3) is 0 Å². The van der Waals surface area contributed by atoms with Crippen molar-refractivity contribution in [3.8, 4) is 16.8 Å². The molecule has 0 radical (unpaired) electrons. The number of halogens is 2. The Hall–Kier alpha value is -6.98. The van der Waals surface area contributed by atoms with Crippen molar-refractivity contribution in [2.45, 2.75) is 0 Å². The predicted molar refractivity (Wildman–Crippen MR) is 222 cm³/mol. The van der Waals surface area contributed by atoms with Gasteiger partial charge < -0.3 is 14.4 Å². The van der Waals surface area contributed by atoms with E-state index in [0.717, 1.165) is 78.6 Å². The van der Waals surface area contributed by atoms with Crippen LogP contribution >= 0.6 is 0 Å². The fourth-order valence-corrected chi connectivity index (χ4v) is 7.52. The SMILES string of the molecule is C=C1/C=C\C=C/CN(c2ccc(F)cc2F)c2ccc(-c3ccc4c(c3)c3ccccc3n4-c3ccc(N(c4ccccc4)c4ccccc4)cc3)cc21. The lowest BCUT2D eigenvalue weighted by Gasteiger charge is -2.27. The first-order valence-corrected chi connectivity index (χ1v) is 18.0. The van der Waals surface area contributed by atoms with Crippen LogP contribution in [-0.2, 0) is 0 Å². The molecule has 5 heteroatoms. The molecule has 1 aromatic heterocycles. The summed E-state index contributed by atoms with van der Waals surface area (Å²) in [5.74, 6) is -1.22. The summed E-state index contributed by atoms with van der Waals surface area (Å²) in [6.45, 7) is 4.78. The van der Waals surface area contributed by atoms with Crippen LogP contribution in [0.15, 0.2) is 195 Å². The Morgan fingerprint density at radius 1 is 0.537 bits per heavy atom. The molecule has 54 heavy (non-hydrogen) atoms. The number of hydrogen-bond donors (Lipinski definition) is 0.